The summed E-state index contributed by atoms with van der Waals surface area (Å²) in [4.78, 5) is 0. The van der Waals surface area contributed by atoms with Crippen molar-refractivity contribution in [2.75, 3.05) is 0 Å². The summed E-state index contributed by atoms with van der Waals surface area (Å²) < 4.78 is 54.4. The normalized spacial score (nSPS) is 12.2. The Bertz CT molecular complexity index is 241. The molecule has 2 N–H and O–H groups in total. The summed E-state index contributed by atoms with van der Waals surface area (Å²) in [5.41, 5.74) is 0. The minimum Gasteiger partial charge on any atom is 0 e. The molecule has 0 spiro atoms. The van der Waals surface area contributed by atoms with Gasteiger partial charge in [-0.2, -0.15) is 0 Å². The molecule has 0 aromatic carbocycles. The Labute approximate surface area is 72.4 Å². The molecule has 0 bridgehead atoms. The van der Waals surface area contributed by atoms with Gasteiger partial charge in [0.05, 0.1) is 0 Å². The summed E-state index contributed by atoms with van der Waals surface area (Å²) in [7, 11) is -9.11. The molecule has 0 aliphatic carbocycles. The second-order valence-electron chi connectivity index (χ2n) is 0.924. The standard InChI is InChI=1S/Co.H2O6S2Se/c;1-7(2,3)9-8(4,5)6/h;(H,1,2,3)(H,4,5,6). The zero-order chi connectivity index (χ0) is 7.71. The summed E-state index contributed by atoms with van der Waals surface area (Å²) in [5, 5.41) is 0. The molecule has 0 saturated carbocycles. The fourth-order valence-corrected chi connectivity index (χ4v) is 5.08. The number of rotatable bonds is 2. The Morgan fingerprint density at radius 2 is 1.10 bits per heavy atom. The van der Waals surface area contributed by atoms with Crippen LogP contribution in [0, 0.1) is 0 Å². The smallest absolute Gasteiger partial charge is 0 e. The maximum absolute atomic E-state index is 9.69. The second kappa shape index (κ2) is 4.02. The zero-order valence-electron chi connectivity index (χ0n) is 4.09. The van der Waals surface area contributed by atoms with E-state index in [-0.39, 0.29) is 16.8 Å². The van der Waals surface area contributed by atoms with Crippen molar-refractivity contribution < 1.29 is 42.7 Å². The minimum absolute atomic E-state index is 0. The first kappa shape index (κ1) is 13.4. The van der Waals surface area contributed by atoms with Crippen molar-refractivity contribution in [1.82, 2.24) is 0 Å². The van der Waals surface area contributed by atoms with E-state index in [0.29, 0.717) is 0 Å². The number of hydrogen-bond donors (Lipinski definition) is 2. The predicted octanol–water partition coefficient (Wildman–Crippen LogP) is -1.71. The molecule has 0 aromatic rings. The summed E-state index contributed by atoms with van der Waals surface area (Å²) in [6.45, 7) is 0. The molecule has 0 unspecified atom stereocenters. The average Bonchev–Trinajstić information content (AvgIpc) is 1.14. The monoisotopic (exact) mass is 301 g/mol. The zero-order valence-corrected chi connectivity index (χ0v) is 8.47. The second-order valence-corrected chi connectivity index (χ2v) is 11.1. The van der Waals surface area contributed by atoms with Crippen molar-refractivity contribution >= 4 is 29.8 Å². The molecule has 0 saturated heterocycles. The van der Waals surface area contributed by atoms with Crippen LogP contribution in [-0.2, 0) is 33.9 Å². The van der Waals surface area contributed by atoms with E-state index in [1.54, 1.807) is 0 Å². The SMILES string of the molecule is O=S(=O)(O)[Se]S(=O)(=O)O.[Co]. The molecule has 0 amide bonds. The molecule has 65 valence electrons. The third-order valence-electron chi connectivity index (χ3n) is 0.172. The maximum Gasteiger partial charge on any atom is 0 e. The molecule has 0 fully saturated rings. The van der Waals surface area contributed by atoms with Gasteiger partial charge in [0.25, 0.3) is 0 Å². The molecule has 0 aromatic heterocycles. The van der Waals surface area contributed by atoms with E-state index in [9.17, 15) is 16.8 Å². The van der Waals surface area contributed by atoms with Gasteiger partial charge in [-0.25, -0.2) is 0 Å². The van der Waals surface area contributed by atoms with Gasteiger partial charge < -0.3 is 0 Å². The first-order valence-electron chi connectivity index (χ1n) is 1.37. The van der Waals surface area contributed by atoms with Gasteiger partial charge >= 0.3 is 55.7 Å². The van der Waals surface area contributed by atoms with Crippen LogP contribution in [0.15, 0.2) is 0 Å². The van der Waals surface area contributed by atoms with Crippen LogP contribution < -0.4 is 0 Å². The van der Waals surface area contributed by atoms with E-state index < -0.39 is 29.8 Å². The molecule has 10 heavy (non-hydrogen) atoms. The summed E-state index contributed by atoms with van der Waals surface area (Å²) in [6, 6.07) is 0. The van der Waals surface area contributed by atoms with Gasteiger partial charge in [0.2, 0.25) is 0 Å². The summed E-state index contributed by atoms with van der Waals surface area (Å²) in [6.07, 6.45) is 0. The Balaban J connectivity index is 0. The molecule has 10 heteroatoms. The average molecular weight is 300 g/mol. The Hall–Kier alpha value is 0.846. The van der Waals surface area contributed by atoms with Gasteiger partial charge in [-0.05, 0) is 0 Å². The van der Waals surface area contributed by atoms with Crippen LogP contribution in [-0.4, -0.2) is 38.7 Å². The van der Waals surface area contributed by atoms with Crippen LogP contribution in [0.1, 0.15) is 0 Å². The van der Waals surface area contributed by atoms with Crippen molar-refractivity contribution in [2.45, 2.75) is 0 Å². The topological polar surface area (TPSA) is 109 Å². The Morgan fingerprint density at radius 1 is 0.900 bits per heavy atom. The van der Waals surface area contributed by atoms with Gasteiger partial charge in [-0.3, -0.25) is 0 Å². The molecule has 0 rings (SSSR count). The van der Waals surface area contributed by atoms with Crippen LogP contribution in [0.5, 0.6) is 0 Å². The third-order valence-corrected chi connectivity index (χ3v) is 8.04. The molecular weight excluding hydrogens is 298 g/mol. The van der Waals surface area contributed by atoms with Crippen LogP contribution >= 0.6 is 0 Å². The molecular formula is H2CoO6S2Se. The van der Waals surface area contributed by atoms with E-state index in [1.165, 1.54) is 0 Å². The molecule has 6 nitrogen and oxygen atoms in total. The van der Waals surface area contributed by atoms with E-state index in [0.717, 1.165) is 0 Å². The Kier molecular flexibility index (Phi) is 5.40. The quantitative estimate of drug-likeness (QED) is 0.464. The first-order chi connectivity index (χ1) is 3.71. The van der Waals surface area contributed by atoms with Gasteiger partial charge in [0, 0.05) is 16.8 Å². The van der Waals surface area contributed by atoms with Gasteiger partial charge in [0.15, 0.2) is 0 Å². The fraction of sp³-hybridized carbons (Fsp3) is 0. The van der Waals surface area contributed by atoms with Crippen molar-refractivity contribution in [3.63, 3.8) is 0 Å². The first-order valence-corrected chi connectivity index (χ1v) is 8.29. The van der Waals surface area contributed by atoms with Crippen molar-refractivity contribution in [2.24, 2.45) is 0 Å². The van der Waals surface area contributed by atoms with E-state index in [1.807, 2.05) is 0 Å². The van der Waals surface area contributed by atoms with Gasteiger partial charge in [-0.15, -0.1) is 0 Å². The molecule has 1 radical (unpaired) electrons. The van der Waals surface area contributed by atoms with Crippen LogP contribution in [0.4, 0.5) is 0 Å². The molecule has 0 aliphatic heterocycles. The maximum atomic E-state index is 9.69. The van der Waals surface area contributed by atoms with Crippen LogP contribution in [0.25, 0.3) is 0 Å². The fourth-order valence-electron chi connectivity index (χ4n) is 0.109. The van der Waals surface area contributed by atoms with E-state index >= 15 is 0 Å². The molecule has 0 heterocycles. The molecule has 0 atom stereocenters. The van der Waals surface area contributed by atoms with Crippen molar-refractivity contribution in [3.8, 4) is 0 Å². The van der Waals surface area contributed by atoms with Crippen LogP contribution in [0.3, 0.4) is 0 Å². The van der Waals surface area contributed by atoms with Crippen molar-refractivity contribution in [3.05, 3.63) is 0 Å². The largest absolute Gasteiger partial charge is 0 e. The Morgan fingerprint density at radius 3 is 1.10 bits per heavy atom. The summed E-state index contributed by atoms with van der Waals surface area (Å²) >= 11 is -2.19. The van der Waals surface area contributed by atoms with Gasteiger partial charge in [0.1, 0.15) is 0 Å². The third kappa shape index (κ3) is 11.6. The predicted molar refractivity (Wildman–Crippen MR) is 28.9 cm³/mol. The van der Waals surface area contributed by atoms with Crippen molar-refractivity contribution in [1.29, 1.82) is 0 Å². The van der Waals surface area contributed by atoms with E-state index in [2.05, 4.69) is 0 Å². The number of hydrogen-bond acceptors (Lipinski definition) is 4. The molecule has 0 aliphatic rings. The van der Waals surface area contributed by atoms with E-state index in [4.69, 9.17) is 9.11 Å². The summed E-state index contributed by atoms with van der Waals surface area (Å²) in [5.74, 6) is 0. The van der Waals surface area contributed by atoms with Crippen LogP contribution in [0.2, 0.25) is 0 Å². The minimum atomic E-state index is -4.56. The van der Waals surface area contributed by atoms with Gasteiger partial charge in [-0.1, -0.05) is 0 Å².